The topological polar surface area (TPSA) is 269 Å². The molecule has 2 aliphatic rings. The number of hydrogen-bond donors (Lipinski definition) is 10. The zero-order chi connectivity index (χ0) is 30.6. The van der Waals surface area contributed by atoms with Crippen LogP contribution in [-0.4, -0.2) is 113 Å². The van der Waals surface area contributed by atoms with Gasteiger partial charge in [-0.25, -0.2) is 0 Å². The minimum Gasteiger partial charge on any atom is -0.508 e. The summed E-state index contributed by atoms with van der Waals surface area (Å²) in [7, 11) is 0. The lowest BCUT2D eigenvalue weighted by Gasteiger charge is -2.44. The van der Waals surface area contributed by atoms with E-state index in [4.69, 9.17) is 23.4 Å². The average molecular weight is 596 g/mol. The summed E-state index contributed by atoms with van der Waals surface area (Å²) in [6.45, 7) is 0.899. The van der Waals surface area contributed by atoms with Gasteiger partial charge in [0, 0.05) is 17.7 Å². The minimum atomic E-state index is -1.81. The molecule has 0 amide bonds. The third-order valence-corrected chi connectivity index (χ3v) is 7.01. The number of aliphatic hydroxyl groups excluding tert-OH is 5. The summed E-state index contributed by atoms with van der Waals surface area (Å²) >= 11 is 0. The van der Waals surface area contributed by atoms with E-state index in [0.717, 1.165) is 24.3 Å². The highest BCUT2D eigenvalue weighted by molar-refractivity contribution is 5.88. The second-order valence-corrected chi connectivity index (χ2v) is 9.95. The fourth-order valence-electron chi connectivity index (χ4n) is 4.71. The summed E-state index contributed by atoms with van der Waals surface area (Å²) in [5.74, 6) is -4.94. The highest BCUT2D eigenvalue weighted by atomic mass is 16.8. The van der Waals surface area contributed by atoms with Crippen molar-refractivity contribution in [1.82, 2.24) is 0 Å². The molecule has 2 aliphatic heterocycles. The van der Waals surface area contributed by atoms with Crippen LogP contribution in [0.25, 0.3) is 22.3 Å². The molecule has 2 fully saturated rings. The molecule has 2 saturated heterocycles. The van der Waals surface area contributed by atoms with Crippen molar-refractivity contribution >= 4 is 11.0 Å². The SMILES string of the molecule is C[C@@H]1O[C@H](Oc2c(-c3cc(O)c(O)c(O)c3)oc3cc(O)cc(O)c3c2=O)[C@H](O[C@@H]2OC[C@@H](O)[C@H](O)[C@H]2O)[C@H](O)[C@H]1O. The molecule has 0 bridgehead atoms. The maximum Gasteiger partial charge on any atom is 0.239 e. The van der Waals surface area contributed by atoms with Gasteiger partial charge in [-0.1, -0.05) is 0 Å². The lowest BCUT2D eigenvalue weighted by atomic mass is 9.99. The molecule has 3 heterocycles. The maximum absolute atomic E-state index is 13.7. The van der Waals surface area contributed by atoms with Crippen LogP contribution in [0.2, 0.25) is 0 Å². The molecule has 2 aromatic carbocycles. The van der Waals surface area contributed by atoms with E-state index in [1.165, 1.54) is 6.92 Å². The van der Waals surface area contributed by atoms with Crippen molar-refractivity contribution in [3.8, 4) is 45.8 Å². The van der Waals surface area contributed by atoms with E-state index < -0.39 is 113 Å². The largest absolute Gasteiger partial charge is 0.508 e. The monoisotopic (exact) mass is 596 g/mol. The van der Waals surface area contributed by atoms with Gasteiger partial charge in [0.15, 0.2) is 35.4 Å². The van der Waals surface area contributed by atoms with E-state index >= 15 is 0 Å². The molecular weight excluding hydrogens is 568 g/mol. The van der Waals surface area contributed by atoms with Crippen molar-refractivity contribution in [1.29, 1.82) is 0 Å². The lowest BCUT2D eigenvalue weighted by Crippen LogP contribution is -2.62. The Hall–Kier alpha value is -3.87. The number of aliphatic hydroxyl groups is 5. The standard InChI is InChI=1S/C26H28O16/c1-7-16(32)20(36)24(42-25-21(37)18(34)13(31)6-38-25)26(39-7)41-23-19(35)15-10(28)4-9(27)5-14(15)40-22(23)8-2-11(29)17(33)12(30)3-8/h2-5,7,13,16,18,20-21,24-34,36-37H,6H2,1H3/t7-,13+,16-,18-,20+,21+,24+,25-,26+/m0/s1. The van der Waals surface area contributed by atoms with Crippen LogP contribution in [-0.2, 0) is 14.2 Å². The molecule has 0 unspecified atom stereocenters. The number of phenols is 5. The second-order valence-electron chi connectivity index (χ2n) is 9.95. The molecule has 10 N–H and O–H groups in total. The van der Waals surface area contributed by atoms with Gasteiger partial charge in [0.1, 0.15) is 53.0 Å². The average Bonchev–Trinajstić information content (AvgIpc) is 2.93. The van der Waals surface area contributed by atoms with Gasteiger partial charge in [0.25, 0.3) is 0 Å². The van der Waals surface area contributed by atoms with E-state index in [2.05, 4.69) is 0 Å². The molecule has 0 aliphatic carbocycles. The van der Waals surface area contributed by atoms with Gasteiger partial charge in [-0.3, -0.25) is 4.79 Å². The summed E-state index contributed by atoms with van der Waals surface area (Å²) < 4.78 is 28.1. The highest BCUT2D eigenvalue weighted by Gasteiger charge is 2.49. The number of aromatic hydroxyl groups is 5. The van der Waals surface area contributed by atoms with Crippen molar-refractivity contribution in [2.24, 2.45) is 0 Å². The molecule has 16 heteroatoms. The molecule has 1 aromatic heterocycles. The van der Waals surface area contributed by atoms with Crippen LogP contribution in [0.1, 0.15) is 6.92 Å². The van der Waals surface area contributed by atoms with Gasteiger partial charge in [0.2, 0.25) is 17.5 Å². The Balaban J connectivity index is 1.63. The first-order valence-electron chi connectivity index (χ1n) is 12.6. The second kappa shape index (κ2) is 11.1. The van der Waals surface area contributed by atoms with E-state index in [1.54, 1.807) is 0 Å². The molecular formula is C26H28O16. The Bertz CT molecular complexity index is 1510. The molecule has 0 saturated carbocycles. The third-order valence-electron chi connectivity index (χ3n) is 7.01. The van der Waals surface area contributed by atoms with E-state index in [-0.39, 0.29) is 11.1 Å². The quantitative estimate of drug-likeness (QED) is 0.153. The molecule has 228 valence electrons. The van der Waals surface area contributed by atoms with Crippen molar-refractivity contribution in [3.05, 3.63) is 34.5 Å². The predicted octanol–water partition coefficient (Wildman–Crippen LogP) is -1.34. The third kappa shape index (κ3) is 5.14. The molecule has 42 heavy (non-hydrogen) atoms. The number of rotatable bonds is 5. The summed E-state index contributed by atoms with van der Waals surface area (Å²) in [5, 5.41) is 101. The van der Waals surface area contributed by atoms with Crippen LogP contribution >= 0.6 is 0 Å². The van der Waals surface area contributed by atoms with Gasteiger partial charge in [-0.15, -0.1) is 0 Å². The Morgan fingerprint density at radius 2 is 1.48 bits per heavy atom. The molecule has 5 rings (SSSR count). The number of benzene rings is 2. The first-order chi connectivity index (χ1) is 19.8. The fraction of sp³-hybridized carbons (Fsp3) is 0.423. The summed E-state index contributed by atoms with van der Waals surface area (Å²) in [6, 6.07) is 3.67. The normalized spacial score (nSPS) is 31.7. The number of hydrogen-bond acceptors (Lipinski definition) is 16. The van der Waals surface area contributed by atoms with Gasteiger partial charge in [-0.05, 0) is 19.1 Å². The van der Waals surface area contributed by atoms with Crippen LogP contribution in [0, 0.1) is 0 Å². The minimum absolute atomic E-state index is 0.232. The van der Waals surface area contributed by atoms with E-state index in [1.807, 2.05) is 0 Å². The van der Waals surface area contributed by atoms with Crippen molar-refractivity contribution < 1.29 is 74.4 Å². The van der Waals surface area contributed by atoms with Crippen LogP contribution < -0.4 is 10.2 Å². The van der Waals surface area contributed by atoms with Crippen molar-refractivity contribution in [2.45, 2.75) is 62.2 Å². The van der Waals surface area contributed by atoms with E-state index in [9.17, 15) is 55.9 Å². The number of ether oxygens (including phenoxy) is 4. The van der Waals surface area contributed by atoms with Crippen LogP contribution in [0.3, 0.4) is 0 Å². The Labute approximate surface area is 235 Å². The zero-order valence-electron chi connectivity index (χ0n) is 21.6. The lowest BCUT2D eigenvalue weighted by molar-refractivity contribution is -0.341. The van der Waals surface area contributed by atoms with E-state index in [0.29, 0.717) is 0 Å². The predicted molar refractivity (Wildman–Crippen MR) is 136 cm³/mol. The summed E-state index contributed by atoms with van der Waals surface area (Å²) in [6.07, 6.45) is -14.6. The Morgan fingerprint density at radius 1 is 0.810 bits per heavy atom. The van der Waals surface area contributed by atoms with Gasteiger partial charge >= 0.3 is 0 Å². The van der Waals surface area contributed by atoms with Gasteiger partial charge < -0.3 is 74.4 Å². The fourth-order valence-corrected chi connectivity index (χ4v) is 4.71. The Morgan fingerprint density at radius 3 is 2.14 bits per heavy atom. The smallest absolute Gasteiger partial charge is 0.239 e. The number of fused-ring (bicyclic) bond motifs is 1. The Kier molecular flexibility index (Phi) is 7.82. The zero-order valence-corrected chi connectivity index (χ0v) is 21.6. The highest BCUT2D eigenvalue weighted by Crippen LogP contribution is 2.43. The summed E-state index contributed by atoms with van der Waals surface area (Å²) in [5.41, 5.74) is -1.64. The van der Waals surface area contributed by atoms with Gasteiger partial charge in [0.05, 0.1) is 12.7 Å². The van der Waals surface area contributed by atoms with Crippen molar-refractivity contribution in [2.75, 3.05) is 6.61 Å². The first-order valence-corrected chi connectivity index (χ1v) is 12.6. The first kappa shape index (κ1) is 29.6. The van der Waals surface area contributed by atoms with Crippen molar-refractivity contribution in [3.63, 3.8) is 0 Å². The van der Waals surface area contributed by atoms with Gasteiger partial charge in [-0.2, -0.15) is 0 Å². The molecule has 0 spiro atoms. The molecule has 16 nitrogen and oxygen atoms in total. The molecule has 0 radical (unpaired) electrons. The van der Waals surface area contributed by atoms with Crippen LogP contribution in [0.5, 0.6) is 34.5 Å². The summed E-state index contributed by atoms with van der Waals surface area (Å²) in [4.78, 5) is 13.7. The van der Waals surface area contributed by atoms with Crippen LogP contribution in [0.4, 0.5) is 0 Å². The maximum atomic E-state index is 13.7. The number of phenolic OH excluding ortho intramolecular Hbond substituents is 5. The molecule has 3 aromatic rings. The molecule has 9 atom stereocenters. The van der Waals surface area contributed by atoms with Crippen LogP contribution in [0.15, 0.2) is 33.5 Å².